The fourth-order valence-electron chi connectivity index (χ4n) is 4.53. The second-order valence-corrected chi connectivity index (χ2v) is 9.96. The first kappa shape index (κ1) is 33.1. The maximum Gasteiger partial charge on any atom is 0.309 e. The van der Waals surface area contributed by atoms with Crippen LogP contribution in [0.1, 0.15) is 122 Å². The number of hydrogen-bond acceptors (Lipinski definition) is 3. The predicted molar refractivity (Wildman–Crippen MR) is 141 cm³/mol. The second kappa shape index (κ2) is 22.6. The van der Waals surface area contributed by atoms with Gasteiger partial charge in [0.1, 0.15) is 0 Å². The van der Waals surface area contributed by atoms with Gasteiger partial charge in [0.05, 0.1) is 45.4 Å². The molecular weight excluding hydrogens is 446 g/mol. The van der Waals surface area contributed by atoms with E-state index in [9.17, 15) is 14.4 Å². The number of allylic oxidation sites excluding steroid dienone is 2. The third-order valence-electron chi connectivity index (χ3n) is 6.79. The number of quaternary nitrogens is 1. The average molecular weight is 499 g/mol. The number of carboxylic acid groups (broad SMARTS) is 3. The number of unbranched alkanes of at least 4 members (excludes halogenated alkanes) is 13. The van der Waals surface area contributed by atoms with E-state index in [2.05, 4.69) is 19.1 Å². The van der Waals surface area contributed by atoms with Gasteiger partial charge in [0.2, 0.25) is 0 Å². The lowest BCUT2D eigenvalue weighted by Gasteiger charge is -2.38. The Morgan fingerprint density at radius 2 is 0.857 bits per heavy atom. The summed E-state index contributed by atoms with van der Waals surface area (Å²) in [5.74, 6) is -2.80. The Balaban J connectivity index is 4.03. The molecule has 0 unspecified atom stereocenters. The van der Waals surface area contributed by atoms with Crippen LogP contribution >= 0.6 is 0 Å². The minimum absolute atomic E-state index is 0.0745. The van der Waals surface area contributed by atoms with Crippen LogP contribution in [0.5, 0.6) is 0 Å². The molecule has 204 valence electrons. The van der Waals surface area contributed by atoms with Crippen LogP contribution in [0, 0.1) is 0 Å². The van der Waals surface area contributed by atoms with Crippen LogP contribution in [0.25, 0.3) is 0 Å². The largest absolute Gasteiger partial charge is 0.481 e. The van der Waals surface area contributed by atoms with Crippen molar-refractivity contribution < 1.29 is 34.2 Å². The van der Waals surface area contributed by atoms with Gasteiger partial charge in [-0.05, 0) is 32.1 Å². The number of hydrogen-bond donors (Lipinski definition) is 3. The van der Waals surface area contributed by atoms with E-state index in [1.54, 1.807) is 0 Å². The molecule has 0 heterocycles. The summed E-state index contributed by atoms with van der Waals surface area (Å²) in [6.45, 7) is 3.71. The first-order valence-electron chi connectivity index (χ1n) is 14.0. The van der Waals surface area contributed by atoms with Gasteiger partial charge in [-0.15, -0.1) is 0 Å². The molecule has 0 spiro atoms. The van der Waals surface area contributed by atoms with Crippen molar-refractivity contribution in [3.8, 4) is 0 Å². The van der Waals surface area contributed by atoms with Crippen molar-refractivity contribution in [1.82, 2.24) is 0 Å². The number of carbonyl (C=O) groups is 3. The molecule has 0 aromatic heterocycles. The standard InChI is InChI=1S/C28H51NO6/c1-2-3-4-5-6-7-8-9-10-11-12-13-14-15-16-17-18-22-29(23-19-26(30)31,24-20-27(32)33)25-21-28(34)35/h5-6H,2-4,7-25H2,1H3,(H2-,30,31,32,33,34,35)/p+1/b6-5+. The molecule has 0 saturated heterocycles. The highest BCUT2D eigenvalue weighted by atomic mass is 16.4. The van der Waals surface area contributed by atoms with Crippen molar-refractivity contribution in [3.63, 3.8) is 0 Å². The van der Waals surface area contributed by atoms with Crippen LogP contribution in [0.3, 0.4) is 0 Å². The van der Waals surface area contributed by atoms with E-state index in [1.807, 2.05) is 0 Å². The van der Waals surface area contributed by atoms with E-state index < -0.39 is 17.9 Å². The molecule has 0 fully saturated rings. The Kier molecular flexibility index (Phi) is 21.3. The summed E-state index contributed by atoms with van der Waals surface area (Å²) in [4.78, 5) is 33.3. The summed E-state index contributed by atoms with van der Waals surface area (Å²) in [7, 11) is 0. The highest BCUT2D eigenvalue weighted by Crippen LogP contribution is 2.17. The first-order chi connectivity index (χ1) is 16.8. The molecular formula is C28H52NO6+. The molecule has 0 radical (unpaired) electrons. The average Bonchev–Trinajstić information content (AvgIpc) is 2.81. The zero-order valence-corrected chi connectivity index (χ0v) is 22.2. The molecule has 0 aromatic rings. The Labute approximate surface area is 213 Å². The van der Waals surface area contributed by atoms with Gasteiger partial charge in [-0.25, -0.2) is 0 Å². The first-order valence-corrected chi connectivity index (χ1v) is 14.0. The molecule has 0 atom stereocenters. The molecule has 0 rings (SSSR count). The summed E-state index contributed by atoms with van der Waals surface area (Å²) in [6.07, 6.45) is 22.7. The van der Waals surface area contributed by atoms with Gasteiger partial charge in [0, 0.05) is 0 Å². The van der Waals surface area contributed by atoms with Crippen molar-refractivity contribution in [2.45, 2.75) is 122 Å². The Morgan fingerprint density at radius 1 is 0.514 bits per heavy atom. The van der Waals surface area contributed by atoms with Crippen LogP contribution in [0.2, 0.25) is 0 Å². The molecule has 0 aromatic carbocycles. The van der Waals surface area contributed by atoms with Crippen LogP contribution in [0.4, 0.5) is 0 Å². The normalized spacial score (nSPS) is 11.8. The fraction of sp³-hybridized carbons (Fsp3) is 0.821. The summed E-state index contributed by atoms with van der Waals surface area (Å²) in [5, 5.41) is 27.3. The lowest BCUT2D eigenvalue weighted by molar-refractivity contribution is -0.927. The SMILES string of the molecule is CCCC/C=C/CCCCCCCCCCCCC[N+](CCC(=O)O)(CCC(=O)O)CCC(=O)O. The topological polar surface area (TPSA) is 112 Å². The Morgan fingerprint density at radius 3 is 1.23 bits per heavy atom. The van der Waals surface area contributed by atoms with Crippen molar-refractivity contribution in [3.05, 3.63) is 12.2 Å². The summed E-state index contributed by atoms with van der Waals surface area (Å²) >= 11 is 0. The zero-order valence-electron chi connectivity index (χ0n) is 22.2. The molecule has 7 heteroatoms. The molecule has 0 aliphatic carbocycles. The van der Waals surface area contributed by atoms with Crippen LogP contribution in [0.15, 0.2) is 12.2 Å². The molecule has 7 nitrogen and oxygen atoms in total. The number of nitrogens with zero attached hydrogens (tertiary/aromatic N) is 1. The lowest BCUT2D eigenvalue weighted by Crippen LogP contribution is -2.52. The second-order valence-electron chi connectivity index (χ2n) is 9.96. The smallest absolute Gasteiger partial charge is 0.309 e. The van der Waals surface area contributed by atoms with E-state index in [-0.39, 0.29) is 43.4 Å². The van der Waals surface area contributed by atoms with Gasteiger partial charge in [0.15, 0.2) is 0 Å². The molecule has 3 N–H and O–H groups in total. The van der Waals surface area contributed by atoms with Gasteiger partial charge >= 0.3 is 17.9 Å². The van der Waals surface area contributed by atoms with Crippen molar-refractivity contribution in [1.29, 1.82) is 0 Å². The molecule has 0 amide bonds. The van der Waals surface area contributed by atoms with Gasteiger partial charge in [-0.2, -0.15) is 0 Å². The van der Waals surface area contributed by atoms with E-state index in [4.69, 9.17) is 15.3 Å². The molecule has 0 aliphatic heterocycles. The Bertz CT molecular complexity index is 544. The maximum atomic E-state index is 11.1. The summed E-state index contributed by atoms with van der Waals surface area (Å²) in [6, 6.07) is 0. The zero-order chi connectivity index (χ0) is 26.2. The third kappa shape index (κ3) is 22.3. The van der Waals surface area contributed by atoms with Gasteiger partial charge in [-0.3, -0.25) is 14.4 Å². The van der Waals surface area contributed by atoms with Crippen LogP contribution in [-0.4, -0.2) is 63.9 Å². The molecule has 35 heavy (non-hydrogen) atoms. The van der Waals surface area contributed by atoms with Gasteiger partial charge in [-0.1, -0.05) is 83.3 Å². The van der Waals surface area contributed by atoms with Gasteiger partial charge < -0.3 is 19.8 Å². The van der Waals surface area contributed by atoms with Crippen molar-refractivity contribution in [2.24, 2.45) is 0 Å². The predicted octanol–water partition coefficient (Wildman–Crippen LogP) is 6.65. The highest BCUT2D eigenvalue weighted by molar-refractivity contribution is 5.67. The number of aliphatic carboxylic acids is 3. The van der Waals surface area contributed by atoms with E-state index >= 15 is 0 Å². The summed E-state index contributed by atoms with van der Waals surface area (Å²) in [5.41, 5.74) is 0. The van der Waals surface area contributed by atoms with Crippen molar-refractivity contribution in [2.75, 3.05) is 26.2 Å². The summed E-state index contributed by atoms with van der Waals surface area (Å²) < 4.78 is 0.263. The monoisotopic (exact) mass is 498 g/mol. The minimum Gasteiger partial charge on any atom is -0.481 e. The molecule has 0 aliphatic rings. The third-order valence-corrected chi connectivity index (χ3v) is 6.79. The van der Waals surface area contributed by atoms with E-state index in [1.165, 1.54) is 77.0 Å². The number of carboxylic acids is 3. The molecule has 0 bridgehead atoms. The fourth-order valence-corrected chi connectivity index (χ4v) is 4.53. The van der Waals surface area contributed by atoms with Gasteiger partial charge in [0.25, 0.3) is 0 Å². The number of rotatable bonds is 26. The maximum absolute atomic E-state index is 11.1. The van der Waals surface area contributed by atoms with Crippen LogP contribution < -0.4 is 0 Å². The van der Waals surface area contributed by atoms with Crippen LogP contribution in [-0.2, 0) is 14.4 Å². The van der Waals surface area contributed by atoms with E-state index in [0.29, 0.717) is 6.54 Å². The lowest BCUT2D eigenvalue weighted by atomic mass is 10.0. The quantitative estimate of drug-likeness (QED) is 0.0699. The highest BCUT2D eigenvalue weighted by Gasteiger charge is 2.29. The Hall–Kier alpha value is -1.89. The molecule has 0 saturated carbocycles. The van der Waals surface area contributed by atoms with Crippen molar-refractivity contribution >= 4 is 17.9 Å². The minimum atomic E-state index is -0.933. The van der Waals surface area contributed by atoms with E-state index in [0.717, 1.165) is 19.3 Å².